The van der Waals surface area contributed by atoms with Gasteiger partial charge in [0.25, 0.3) is 0 Å². The van der Waals surface area contributed by atoms with Gasteiger partial charge in [-0.05, 0) is 25.1 Å². The first-order chi connectivity index (χ1) is 10.1. The number of alkyl halides is 1. The number of imidazole rings is 1. The number of fused-ring (bicyclic) bond motifs is 1. The summed E-state index contributed by atoms with van der Waals surface area (Å²) in [4.78, 5) is 8.44. The molecule has 1 aromatic carbocycles. The van der Waals surface area contributed by atoms with Crippen molar-refractivity contribution in [3.8, 4) is 0 Å². The zero-order valence-corrected chi connectivity index (χ0v) is 12.0. The first-order valence-electron chi connectivity index (χ1n) is 6.45. The number of halogens is 3. The van der Waals surface area contributed by atoms with E-state index in [9.17, 15) is 8.78 Å². The van der Waals surface area contributed by atoms with Gasteiger partial charge in [0.1, 0.15) is 17.2 Å². The smallest absolute Gasteiger partial charge is 0.153 e. The number of rotatable bonds is 3. The molecule has 0 aliphatic carbocycles. The van der Waals surface area contributed by atoms with E-state index in [-0.39, 0.29) is 5.52 Å². The van der Waals surface area contributed by atoms with Crippen LogP contribution in [-0.4, -0.2) is 14.5 Å². The van der Waals surface area contributed by atoms with Gasteiger partial charge in [0.15, 0.2) is 5.82 Å². The van der Waals surface area contributed by atoms with Crippen LogP contribution in [-0.2, 0) is 6.54 Å². The standard InChI is InChI=1S/C15H12ClF2N3/c1-9(16)15-20-14-12(18)6-10(17)7-13(14)21(15)8-11-4-2-3-5-19-11/h2-7,9H,8H2,1H3. The van der Waals surface area contributed by atoms with Gasteiger partial charge in [0.05, 0.1) is 23.1 Å². The average Bonchev–Trinajstić information content (AvgIpc) is 2.79. The molecule has 6 heteroatoms. The lowest BCUT2D eigenvalue weighted by molar-refractivity contribution is 0.590. The van der Waals surface area contributed by atoms with Crippen molar-refractivity contribution in [2.75, 3.05) is 0 Å². The Hall–Kier alpha value is -2.01. The molecular formula is C15H12ClF2N3. The van der Waals surface area contributed by atoms with Crippen LogP contribution in [0, 0.1) is 11.6 Å². The topological polar surface area (TPSA) is 30.7 Å². The van der Waals surface area contributed by atoms with E-state index >= 15 is 0 Å². The number of benzene rings is 1. The van der Waals surface area contributed by atoms with Crippen LogP contribution in [0.2, 0.25) is 0 Å². The molecule has 3 rings (SSSR count). The van der Waals surface area contributed by atoms with Crippen LogP contribution in [0.3, 0.4) is 0 Å². The van der Waals surface area contributed by atoms with Gasteiger partial charge in [0.2, 0.25) is 0 Å². The maximum Gasteiger partial charge on any atom is 0.153 e. The minimum atomic E-state index is -0.691. The Labute approximate surface area is 125 Å². The molecule has 0 N–H and O–H groups in total. The fourth-order valence-corrected chi connectivity index (χ4v) is 2.46. The highest BCUT2D eigenvalue weighted by atomic mass is 35.5. The Kier molecular flexibility index (Phi) is 3.59. The molecule has 0 fully saturated rings. The Morgan fingerprint density at radius 1 is 1.29 bits per heavy atom. The monoisotopic (exact) mass is 307 g/mol. The second kappa shape index (κ2) is 5.41. The number of aromatic nitrogens is 3. The highest BCUT2D eigenvalue weighted by Crippen LogP contribution is 2.27. The molecule has 0 spiro atoms. The molecule has 0 aliphatic rings. The number of nitrogens with zero attached hydrogens (tertiary/aromatic N) is 3. The van der Waals surface area contributed by atoms with Crippen LogP contribution >= 0.6 is 11.6 Å². The van der Waals surface area contributed by atoms with Crippen molar-refractivity contribution in [1.82, 2.24) is 14.5 Å². The van der Waals surface area contributed by atoms with Gasteiger partial charge >= 0.3 is 0 Å². The number of hydrogen-bond acceptors (Lipinski definition) is 2. The van der Waals surface area contributed by atoms with E-state index in [0.29, 0.717) is 17.9 Å². The number of pyridine rings is 1. The van der Waals surface area contributed by atoms with Gasteiger partial charge < -0.3 is 4.57 Å². The maximum atomic E-state index is 13.9. The summed E-state index contributed by atoms with van der Waals surface area (Å²) in [5.74, 6) is -0.846. The molecule has 2 aromatic heterocycles. The summed E-state index contributed by atoms with van der Waals surface area (Å²) in [5, 5.41) is -0.427. The lowest BCUT2D eigenvalue weighted by Crippen LogP contribution is -2.07. The molecule has 2 heterocycles. The first kappa shape index (κ1) is 13.9. The Morgan fingerprint density at radius 2 is 2.10 bits per heavy atom. The molecule has 0 amide bonds. The van der Waals surface area contributed by atoms with Crippen molar-refractivity contribution in [2.24, 2.45) is 0 Å². The molecule has 0 aliphatic heterocycles. The third-order valence-corrected chi connectivity index (χ3v) is 3.40. The molecule has 0 saturated heterocycles. The van der Waals surface area contributed by atoms with Crippen LogP contribution in [0.4, 0.5) is 8.78 Å². The molecule has 3 aromatic rings. The predicted octanol–water partition coefficient (Wildman–Crippen LogP) is 4.06. The van der Waals surface area contributed by atoms with Crippen molar-refractivity contribution < 1.29 is 8.78 Å². The predicted molar refractivity (Wildman–Crippen MR) is 77.3 cm³/mol. The largest absolute Gasteiger partial charge is 0.320 e. The van der Waals surface area contributed by atoms with Gasteiger partial charge in [-0.15, -0.1) is 11.6 Å². The third kappa shape index (κ3) is 2.61. The van der Waals surface area contributed by atoms with E-state index in [0.717, 1.165) is 11.8 Å². The van der Waals surface area contributed by atoms with Gasteiger partial charge in [-0.1, -0.05) is 6.07 Å². The summed E-state index contributed by atoms with van der Waals surface area (Å²) in [6, 6.07) is 7.58. The SMILES string of the molecule is CC(Cl)c1nc2c(F)cc(F)cc2n1Cc1ccccn1. The molecule has 0 saturated carbocycles. The van der Waals surface area contributed by atoms with Crippen molar-refractivity contribution >= 4 is 22.6 Å². The summed E-state index contributed by atoms with van der Waals surface area (Å²) >= 11 is 6.12. The van der Waals surface area contributed by atoms with Crippen molar-refractivity contribution in [3.63, 3.8) is 0 Å². The van der Waals surface area contributed by atoms with Crippen LogP contribution in [0.25, 0.3) is 11.0 Å². The van der Waals surface area contributed by atoms with E-state index in [4.69, 9.17) is 11.6 Å². The average molecular weight is 308 g/mol. The number of hydrogen-bond donors (Lipinski definition) is 0. The first-order valence-corrected chi connectivity index (χ1v) is 6.89. The third-order valence-electron chi connectivity index (χ3n) is 3.20. The van der Waals surface area contributed by atoms with Gasteiger partial charge in [-0.2, -0.15) is 0 Å². The van der Waals surface area contributed by atoms with E-state index < -0.39 is 17.0 Å². The Morgan fingerprint density at radius 3 is 2.76 bits per heavy atom. The zero-order chi connectivity index (χ0) is 15.0. The maximum absolute atomic E-state index is 13.9. The second-order valence-corrected chi connectivity index (χ2v) is 5.40. The van der Waals surface area contributed by atoms with Crippen molar-refractivity contribution in [2.45, 2.75) is 18.8 Å². The van der Waals surface area contributed by atoms with Gasteiger partial charge in [-0.25, -0.2) is 13.8 Å². The summed E-state index contributed by atoms with van der Waals surface area (Å²) in [7, 11) is 0. The summed E-state index contributed by atoms with van der Waals surface area (Å²) < 4.78 is 29.1. The highest BCUT2D eigenvalue weighted by molar-refractivity contribution is 6.20. The molecule has 108 valence electrons. The summed E-state index contributed by atoms with van der Waals surface area (Å²) in [5.41, 5.74) is 1.26. The van der Waals surface area contributed by atoms with Gasteiger partial charge in [-0.3, -0.25) is 4.98 Å². The lowest BCUT2D eigenvalue weighted by Gasteiger charge is -2.10. The quantitative estimate of drug-likeness (QED) is 0.683. The highest BCUT2D eigenvalue weighted by Gasteiger charge is 2.18. The summed E-state index contributed by atoms with van der Waals surface area (Å²) in [6.45, 7) is 2.10. The Bertz CT molecular complexity index is 784. The normalized spacial score (nSPS) is 12.8. The second-order valence-electron chi connectivity index (χ2n) is 4.75. The van der Waals surface area contributed by atoms with E-state index in [1.807, 2.05) is 12.1 Å². The van der Waals surface area contributed by atoms with E-state index in [2.05, 4.69) is 9.97 Å². The molecule has 0 bridgehead atoms. The molecular weight excluding hydrogens is 296 g/mol. The van der Waals surface area contributed by atoms with Crippen molar-refractivity contribution in [3.05, 3.63) is 59.7 Å². The molecule has 1 atom stereocenters. The van der Waals surface area contributed by atoms with Crippen LogP contribution in [0.1, 0.15) is 23.8 Å². The molecule has 0 radical (unpaired) electrons. The van der Waals surface area contributed by atoms with Gasteiger partial charge in [0, 0.05) is 12.3 Å². The fraction of sp³-hybridized carbons (Fsp3) is 0.200. The fourth-order valence-electron chi connectivity index (χ4n) is 2.29. The zero-order valence-electron chi connectivity index (χ0n) is 11.2. The van der Waals surface area contributed by atoms with Crippen LogP contribution in [0.5, 0.6) is 0 Å². The van der Waals surface area contributed by atoms with Crippen LogP contribution in [0.15, 0.2) is 36.5 Å². The summed E-state index contributed by atoms with van der Waals surface area (Å²) in [6.07, 6.45) is 1.67. The Balaban J connectivity index is 2.21. The molecule has 1 unspecified atom stereocenters. The van der Waals surface area contributed by atoms with Crippen LogP contribution < -0.4 is 0 Å². The van der Waals surface area contributed by atoms with E-state index in [1.54, 1.807) is 23.8 Å². The lowest BCUT2D eigenvalue weighted by atomic mass is 10.3. The minimum absolute atomic E-state index is 0.120. The van der Waals surface area contributed by atoms with Crippen molar-refractivity contribution in [1.29, 1.82) is 0 Å². The van der Waals surface area contributed by atoms with E-state index in [1.165, 1.54) is 6.07 Å². The minimum Gasteiger partial charge on any atom is -0.320 e. The molecule has 3 nitrogen and oxygen atoms in total. The molecule has 21 heavy (non-hydrogen) atoms.